The third kappa shape index (κ3) is 4.36. The van der Waals surface area contributed by atoms with Crippen LogP contribution in [-0.4, -0.2) is 25.9 Å². The molecular formula is C16H18FN3O3S. The van der Waals surface area contributed by atoms with E-state index in [-0.39, 0.29) is 23.5 Å². The van der Waals surface area contributed by atoms with Crippen LogP contribution in [0.5, 0.6) is 0 Å². The summed E-state index contributed by atoms with van der Waals surface area (Å²) >= 11 is 0. The van der Waals surface area contributed by atoms with E-state index >= 15 is 0 Å². The number of halogens is 1. The first-order valence-electron chi connectivity index (χ1n) is 7.33. The van der Waals surface area contributed by atoms with Gasteiger partial charge in [0.05, 0.1) is 22.7 Å². The van der Waals surface area contributed by atoms with Crippen LogP contribution >= 0.6 is 0 Å². The molecule has 2 rings (SSSR count). The molecule has 0 unspecified atom stereocenters. The maximum Gasteiger partial charge on any atom is 0.254 e. The van der Waals surface area contributed by atoms with Crippen LogP contribution in [0, 0.1) is 12.7 Å². The molecule has 0 aliphatic rings. The summed E-state index contributed by atoms with van der Waals surface area (Å²) in [5.41, 5.74) is 1.09. The molecule has 1 aromatic carbocycles. The number of amides is 1. The highest BCUT2D eigenvalue weighted by Gasteiger charge is 2.18. The minimum absolute atomic E-state index is 0.115. The first-order chi connectivity index (χ1) is 11.3. The Hall–Kier alpha value is -2.32. The number of aromatic nitrogens is 1. The van der Waals surface area contributed by atoms with Gasteiger partial charge in [-0.2, -0.15) is 0 Å². The average molecular weight is 351 g/mol. The lowest BCUT2D eigenvalue weighted by atomic mass is 10.2. The quantitative estimate of drug-likeness (QED) is 0.830. The molecule has 0 spiro atoms. The molecule has 1 aromatic heterocycles. The zero-order valence-corrected chi connectivity index (χ0v) is 14.2. The maximum absolute atomic E-state index is 13.9. The Balaban J connectivity index is 2.20. The first-order valence-corrected chi connectivity index (χ1v) is 8.81. The number of hydrogen-bond acceptors (Lipinski definition) is 4. The molecule has 2 aromatic rings. The first kappa shape index (κ1) is 18.0. The number of nitrogens with one attached hydrogen (secondary N) is 2. The topological polar surface area (TPSA) is 88.2 Å². The largest absolute Gasteiger partial charge is 0.346 e. The van der Waals surface area contributed by atoms with Crippen LogP contribution in [0.2, 0.25) is 0 Å². The fourth-order valence-electron chi connectivity index (χ4n) is 2.08. The van der Waals surface area contributed by atoms with E-state index in [4.69, 9.17) is 0 Å². The van der Waals surface area contributed by atoms with Crippen molar-refractivity contribution in [2.45, 2.75) is 25.3 Å². The standard InChI is InChI=1S/C16H18FN3O3S/c1-3-19-24(22,23)13-7-8-15(17)14(9-13)16(21)18-10-12-6-4-5-11(2)20-12/h4-9,19H,3,10H2,1-2H3,(H,18,21). The molecule has 0 bridgehead atoms. The number of benzene rings is 1. The van der Waals surface area contributed by atoms with Crippen molar-refractivity contribution in [3.05, 3.63) is 59.2 Å². The second kappa shape index (κ2) is 7.50. The number of aryl methyl sites for hydroxylation is 1. The fourth-order valence-corrected chi connectivity index (χ4v) is 3.15. The summed E-state index contributed by atoms with van der Waals surface area (Å²) in [7, 11) is -3.76. The average Bonchev–Trinajstić information content (AvgIpc) is 2.53. The minimum Gasteiger partial charge on any atom is -0.346 e. The van der Waals surface area contributed by atoms with Crippen LogP contribution < -0.4 is 10.0 Å². The zero-order chi connectivity index (χ0) is 17.7. The van der Waals surface area contributed by atoms with Crippen LogP contribution in [0.4, 0.5) is 4.39 Å². The van der Waals surface area contributed by atoms with Gasteiger partial charge in [-0.1, -0.05) is 13.0 Å². The molecule has 0 radical (unpaired) electrons. The third-order valence-corrected chi connectivity index (χ3v) is 4.75. The van der Waals surface area contributed by atoms with Gasteiger partial charge in [-0.25, -0.2) is 17.5 Å². The molecule has 0 fully saturated rings. The smallest absolute Gasteiger partial charge is 0.254 e. The second-order valence-electron chi connectivity index (χ2n) is 5.10. The molecular weight excluding hydrogens is 333 g/mol. The van der Waals surface area contributed by atoms with Crippen LogP contribution in [0.15, 0.2) is 41.3 Å². The summed E-state index contributed by atoms with van der Waals surface area (Å²) < 4.78 is 40.1. The van der Waals surface area contributed by atoms with Crippen molar-refractivity contribution in [3.8, 4) is 0 Å². The van der Waals surface area contributed by atoms with Crippen LogP contribution in [0.1, 0.15) is 28.7 Å². The van der Waals surface area contributed by atoms with Crippen molar-refractivity contribution in [1.82, 2.24) is 15.0 Å². The monoisotopic (exact) mass is 351 g/mol. The van der Waals surface area contributed by atoms with Gasteiger partial charge in [-0.15, -0.1) is 0 Å². The highest BCUT2D eigenvalue weighted by Crippen LogP contribution is 2.15. The Kier molecular flexibility index (Phi) is 5.63. The summed E-state index contributed by atoms with van der Waals surface area (Å²) in [6.45, 7) is 3.76. The van der Waals surface area contributed by atoms with E-state index in [9.17, 15) is 17.6 Å². The van der Waals surface area contributed by atoms with Crippen molar-refractivity contribution in [1.29, 1.82) is 0 Å². The van der Waals surface area contributed by atoms with Gasteiger partial charge in [-0.05, 0) is 37.3 Å². The molecule has 1 amide bonds. The second-order valence-corrected chi connectivity index (χ2v) is 6.86. The summed E-state index contributed by atoms with van der Waals surface area (Å²) in [5, 5.41) is 2.54. The van der Waals surface area contributed by atoms with Crippen molar-refractivity contribution >= 4 is 15.9 Å². The number of rotatable bonds is 6. The van der Waals surface area contributed by atoms with Gasteiger partial charge >= 0.3 is 0 Å². The number of nitrogens with zero attached hydrogens (tertiary/aromatic N) is 1. The molecule has 6 nitrogen and oxygen atoms in total. The molecule has 8 heteroatoms. The lowest BCUT2D eigenvalue weighted by Crippen LogP contribution is -2.26. The van der Waals surface area contributed by atoms with E-state index in [1.54, 1.807) is 19.1 Å². The van der Waals surface area contributed by atoms with Crippen LogP contribution in [-0.2, 0) is 16.6 Å². The number of hydrogen-bond donors (Lipinski definition) is 2. The van der Waals surface area contributed by atoms with Gasteiger partial charge in [0.15, 0.2) is 0 Å². The summed E-state index contributed by atoms with van der Waals surface area (Å²) in [5.74, 6) is -1.50. The van der Waals surface area contributed by atoms with Gasteiger partial charge in [0.2, 0.25) is 10.0 Å². The highest BCUT2D eigenvalue weighted by molar-refractivity contribution is 7.89. The molecule has 0 saturated heterocycles. The highest BCUT2D eigenvalue weighted by atomic mass is 32.2. The summed E-state index contributed by atoms with van der Waals surface area (Å²) in [4.78, 5) is 16.2. The molecule has 0 aliphatic carbocycles. The number of sulfonamides is 1. The molecule has 2 N–H and O–H groups in total. The van der Waals surface area contributed by atoms with E-state index < -0.39 is 21.7 Å². The SMILES string of the molecule is CCNS(=O)(=O)c1ccc(F)c(C(=O)NCc2cccc(C)n2)c1. The van der Waals surface area contributed by atoms with Crippen LogP contribution in [0.3, 0.4) is 0 Å². The minimum atomic E-state index is -3.76. The Morgan fingerprint density at radius 3 is 2.67 bits per heavy atom. The van der Waals surface area contributed by atoms with Gasteiger partial charge in [0, 0.05) is 12.2 Å². The van der Waals surface area contributed by atoms with Crippen molar-refractivity contribution < 1.29 is 17.6 Å². The molecule has 0 aliphatic heterocycles. The zero-order valence-electron chi connectivity index (χ0n) is 13.3. The van der Waals surface area contributed by atoms with E-state index in [0.29, 0.717) is 5.69 Å². The van der Waals surface area contributed by atoms with Crippen molar-refractivity contribution in [2.75, 3.05) is 6.54 Å². The fraction of sp³-hybridized carbons (Fsp3) is 0.250. The normalized spacial score (nSPS) is 11.3. The Labute approximate surface area is 140 Å². The van der Waals surface area contributed by atoms with E-state index in [2.05, 4.69) is 15.0 Å². The van der Waals surface area contributed by atoms with Crippen molar-refractivity contribution in [2.24, 2.45) is 0 Å². The summed E-state index contributed by atoms with van der Waals surface area (Å²) in [6.07, 6.45) is 0. The number of pyridine rings is 1. The van der Waals surface area contributed by atoms with E-state index in [1.807, 2.05) is 13.0 Å². The van der Waals surface area contributed by atoms with Gasteiger partial charge in [0.25, 0.3) is 5.91 Å². The van der Waals surface area contributed by atoms with E-state index in [1.165, 1.54) is 0 Å². The predicted octanol–water partition coefficient (Wildman–Crippen LogP) is 1.76. The number of carbonyl (C=O) groups is 1. The molecule has 0 atom stereocenters. The van der Waals surface area contributed by atoms with Crippen LogP contribution in [0.25, 0.3) is 0 Å². The Bertz CT molecular complexity index is 853. The number of carbonyl (C=O) groups excluding carboxylic acids is 1. The van der Waals surface area contributed by atoms with E-state index in [0.717, 1.165) is 23.9 Å². The lowest BCUT2D eigenvalue weighted by molar-refractivity contribution is 0.0946. The Morgan fingerprint density at radius 2 is 2.00 bits per heavy atom. The Morgan fingerprint density at radius 1 is 1.25 bits per heavy atom. The predicted molar refractivity (Wildman–Crippen MR) is 87.4 cm³/mol. The van der Waals surface area contributed by atoms with Crippen molar-refractivity contribution in [3.63, 3.8) is 0 Å². The summed E-state index contributed by atoms with van der Waals surface area (Å²) in [6, 6.07) is 8.45. The molecule has 128 valence electrons. The maximum atomic E-state index is 13.9. The van der Waals surface area contributed by atoms with Gasteiger partial charge in [0.1, 0.15) is 5.82 Å². The molecule has 24 heavy (non-hydrogen) atoms. The lowest BCUT2D eigenvalue weighted by Gasteiger charge is -2.09. The molecule has 0 saturated carbocycles. The molecule has 1 heterocycles. The van der Waals surface area contributed by atoms with Gasteiger partial charge in [-0.3, -0.25) is 9.78 Å². The van der Waals surface area contributed by atoms with Gasteiger partial charge < -0.3 is 5.32 Å². The third-order valence-electron chi connectivity index (χ3n) is 3.20.